The van der Waals surface area contributed by atoms with Gasteiger partial charge in [-0.2, -0.15) is 0 Å². The highest BCUT2D eigenvalue weighted by atomic mass is 14.7. The SMILES string of the molecule is Cc1cc(-c2cccc(Cc3ccccc3)c2)ncc1-c1ccccc1. The van der Waals surface area contributed by atoms with Crippen LogP contribution < -0.4 is 0 Å². The normalized spacial score (nSPS) is 10.7. The molecule has 0 amide bonds. The third-order valence-corrected chi connectivity index (χ3v) is 4.67. The number of benzene rings is 3. The second-order valence-corrected chi connectivity index (χ2v) is 6.61. The van der Waals surface area contributed by atoms with E-state index in [1.807, 2.05) is 12.3 Å². The maximum atomic E-state index is 4.73. The fourth-order valence-electron chi connectivity index (χ4n) is 3.31. The molecule has 0 radical (unpaired) electrons. The molecule has 0 bridgehead atoms. The fraction of sp³-hybridized carbons (Fsp3) is 0.0800. The van der Waals surface area contributed by atoms with Gasteiger partial charge < -0.3 is 0 Å². The summed E-state index contributed by atoms with van der Waals surface area (Å²) in [6, 6.07) is 31.9. The van der Waals surface area contributed by atoms with Crippen molar-refractivity contribution in [3.63, 3.8) is 0 Å². The summed E-state index contributed by atoms with van der Waals surface area (Å²) >= 11 is 0. The lowest BCUT2D eigenvalue weighted by Gasteiger charge is -2.10. The molecule has 0 fully saturated rings. The van der Waals surface area contributed by atoms with Crippen LogP contribution in [-0.2, 0) is 6.42 Å². The van der Waals surface area contributed by atoms with E-state index in [0.29, 0.717) is 0 Å². The highest BCUT2D eigenvalue weighted by molar-refractivity contribution is 5.70. The van der Waals surface area contributed by atoms with Crippen molar-refractivity contribution in [3.05, 3.63) is 114 Å². The van der Waals surface area contributed by atoms with Gasteiger partial charge in [0.15, 0.2) is 0 Å². The van der Waals surface area contributed by atoms with Crippen molar-refractivity contribution in [2.45, 2.75) is 13.3 Å². The minimum absolute atomic E-state index is 0.940. The minimum atomic E-state index is 0.940. The van der Waals surface area contributed by atoms with Gasteiger partial charge >= 0.3 is 0 Å². The molecular weight excluding hydrogens is 314 g/mol. The molecule has 0 N–H and O–H groups in total. The lowest BCUT2D eigenvalue weighted by Crippen LogP contribution is -1.92. The molecule has 0 aliphatic heterocycles. The van der Waals surface area contributed by atoms with Gasteiger partial charge in [0.2, 0.25) is 0 Å². The zero-order valence-electron chi connectivity index (χ0n) is 14.9. The van der Waals surface area contributed by atoms with E-state index in [1.54, 1.807) is 0 Å². The summed E-state index contributed by atoms with van der Waals surface area (Å²) in [7, 11) is 0. The van der Waals surface area contributed by atoms with Crippen LogP contribution in [0, 0.1) is 6.92 Å². The molecule has 0 saturated carbocycles. The Kier molecular flexibility index (Phi) is 4.61. The Labute approximate surface area is 155 Å². The van der Waals surface area contributed by atoms with Crippen LogP contribution in [0.1, 0.15) is 16.7 Å². The van der Waals surface area contributed by atoms with Crippen molar-refractivity contribution in [2.24, 2.45) is 0 Å². The average molecular weight is 335 g/mol. The smallest absolute Gasteiger partial charge is 0.0705 e. The second kappa shape index (κ2) is 7.37. The molecule has 4 aromatic rings. The van der Waals surface area contributed by atoms with Gasteiger partial charge in [-0.15, -0.1) is 0 Å². The Hall–Kier alpha value is -3.19. The summed E-state index contributed by atoms with van der Waals surface area (Å²) in [5.74, 6) is 0. The van der Waals surface area contributed by atoms with Crippen LogP contribution in [0.3, 0.4) is 0 Å². The number of nitrogens with zero attached hydrogens (tertiary/aromatic N) is 1. The summed E-state index contributed by atoms with van der Waals surface area (Å²) in [5.41, 5.74) is 8.47. The zero-order chi connectivity index (χ0) is 17.8. The van der Waals surface area contributed by atoms with Gasteiger partial charge in [-0.1, -0.05) is 78.9 Å². The molecule has 0 saturated heterocycles. The van der Waals surface area contributed by atoms with Crippen LogP contribution in [-0.4, -0.2) is 4.98 Å². The lowest BCUT2D eigenvalue weighted by molar-refractivity contribution is 1.19. The van der Waals surface area contributed by atoms with E-state index >= 15 is 0 Å². The predicted molar refractivity (Wildman–Crippen MR) is 109 cm³/mol. The number of rotatable bonds is 4. The lowest BCUT2D eigenvalue weighted by atomic mass is 9.98. The number of hydrogen-bond acceptors (Lipinski definition) is 1. The zero-order valence-corrected chi connectivity index (χ0v) is 14.9. The van der Waals surface area contributed by atoms with E-state index < -0.39 is 0 Å². The first-order chi connectivity index (χ1) is 12.8. The maximum absolute atomic E-state index is 4.73. The highest BCUT2D eigenvalue weighted by Gasteiger charge is 2.06. The van der Waals surface area contributed by atoms with Gasteiger partial charge in [-0.25, -0.2) is 0 Å². The molecule has 0 unspecified atom stereocenters. The molecular formula is C25H21N. The van der Waals surface area contributed by atoms with Crippen LogP contribution in [0.2, 0.25) is 0 Å². The van der Waals surface area contributed by atoms with Gasteiger partial charge in [0, 0.05) is 17.3 Å². The van der Waals surface area contributed by atoms with Crippen molar-refractivity contribution in [1.82, 2.24) is 4.98 Å². The third-order valence-electron chi connectivity index (χ3n) is 4.67. The summed E-state index contributed by atoms with van der Waals surface area (Å²) in [6.07, 6.45) is 2.93. The van der Waals surface area contributed by atoms with Crippen LogP contribution in [0.25, 0.3) is 22.4 Å². The Bertz CT molecular complexity index is 1000. The topological polar surface area (TPSA) is 12.9 Å². The van der Waals surface area contributed by atoms with Gasteiger partial charge in [0.25, 0.3) is 0 Å². The Morgan fingerprint density at radius 1 is 0.654 bits per heavy atom. The molecule has 1 aromatic heterocycles. The Morgan fingerprint density at radius 3 is 2.04 bits per heavy atom. The van der Waals surface area contributed by atoms with Crippen LogP contribution in [0.4, 0.5) is 0 Å². The van der Waals surface area contributed by atoms with Crippen LogP contribution in [0.15, 0.2) is 97.2 Å². The third kappa shape index (κ3) is 3.57. The first kappa shape index (κ1) is 16.3. The molecule has 0 aliphatic rings. The van der Waals surface area contributed by atoms with Crippen molar-refractivity contribution >= 4 is 0 Å². The van der Waals surface area contributed by atoms with E-state index in [0.717, 1.165) is 12.1 Å². The monoisotopic (exact) mass is 335 g/mol. The molecule has 26 heavy (non-hydrogen) atoms. The molecule has 3 aromatic carbocycles. The summed E-state index contributed by atoms with van der Waals surface area (Å²) in [4.78, 5) is 4.73. The maximum Gasteiger partial charge on any atom is 0.0705 e. The van der Waals surface area contributed by atoms with E-state index in [9.17, 15) is 0 Å². The van der Waals surface area contributed by atoms with Gasteiger partial charge in [-0.05, 0) is 47.7 Å². The number of pyridine rings is 1. The van der Waals surface area contributed by atoms with Crippen molar-refractivity contribution in [1.29, 1.82) is 0 Å². The van der Waals surface area contributed by atoms with Gasteiger partial charge in [0.1, 0.15) is 0 Å². The molecule has 1 heteroatoms. The summed E-state index contributed by atoms with van der Waals surface area (Å²) in [5, 5.41) is 0. The van der Waals surface area contributed by atoms with E-state index in [4.69, 9.17) is 4.98 Å². The molecule has 126 valence electrons. The molecule has 0 spiro atoms. The van der Waals surface area contributed by atoms with Crippen LogP contribution in [0.5, 0.6) is 0 Å². The molecule has 1 nitrogen and oxygen atoms in total. The number of hydrogen-bond donors (Lipinski definition) is 0. The van der Waals surface area contributed by atoms with Crippen molar-refractivity contribution in [3.8, 4) is 22.4 Å². The van der Waals surface area contributed by atoms with E-state index in [2.05, 4.69) is 91.9 Å². The second-order valence-electron chi connectivity index (χ2n) is 6.61. The molecule has 4 rings (SSSR count). The molecule has 0 aliphatic carbocycles. The largest absolute Gasteiger partial charge is 0.256 e. The van der Waals surface area contributed by atoms with Gasteiger partial charge in [-0.3, -0.25) is 4.98 Å². The average Bonchev–Trinajstić information content (AvgIpc) is 2.69. The predicted octanol–water partition coefficient (Wildman–Crippen LogP) is 6.31. The van der Waals surface area contributed by atoms with E-state index in [-0.39, 0.29) is 0 Å². The summed E-state index contributed by atoms with van der Waals surface area (Å²) in [6.45, 7) is 2.15. The number of aryl methyl sites for hydroxylation is 1. The number of aromatic nitrogens is 1. The van der Waals surface area contributed by atoms with Crippen molar-refractivity contribution in [2.75, 3.05) is 0 Å². The first-order valence-electron chi connectivity index (χ1n) is 8.95. The quantitative estimate of drug-likeness (QED) is 0.425. The van der Waals surface area contributed by atoms with Gasteiger partial charge in [0.05, 0.1) is 5.69 Å². The fourth-order valence-corrected chi connectivity index (χ4v) is 3.31. The standard InChI is InChI=1S/C25H21N/c1-19-15-25(26-18-24(19)22-12-6-3-7-13-22)23-14-8-11-21(17-23)16-20-9-4-2-5-10-20/h2-15,17-18H,16H2,1H3. The van der Waals surface area contributed by atoms with Crippen molar-refractivity contribution < 1.29 is 0 Å². The Balaban J connectivity index is 1.64. The minimum Gasteiger partial charge on any atom is -0.256 e. The van der Waals surface area contributed by atoms with Crippen LogP contribution >= 0.6 is 0 Å². The molecule has 0 atom stereocenters. The molecule has 1 heterocycles. The first-order valence-corrected chi connectivity index (χ1v) is 8.95. The summed E-state index contributed by atoms with van der Waals surface area (Å²) < 4.78 is 0. The highest BCUT2D eigenvalue weighted by Crippen LogP contribution is 2.27. The Morgan fingerprint density at radius 2 is 1.31 bits per heavy atom. The van der Waals surface area contributed by atoms with E-state index in [1.165, 1.54) is 33.4 Å².